The van der Waals surface area contributed by atoms with Gasteiger partial charge >= 0.3 is 0 Å². The molecule has 1 aliphatic carbocycles. The smallest absolute Gasteiger partial charge is 0.114 e. The summed E-state index contributed by atoms with van der Waals surface area (Å²) >= 11 is 0. The van der Waals surface area contributed by atoms with Gasteiger partial charge in [0.05, 0.1) is 6.04 Å². The summed E-state index contributed by atoms with van der Waals surface area (Å²) in [4.78, 5) is 0. The van der Waals surface area contributed by atoms with Gasteiger partial charge in [0.1, 0.15) is 18.3 Å². The van der Waals surface area contributed by atoms with E-state index in [1.165, 1.54) is 7.11 Å². The molecule has 4 nitrogen and oxygen atoms in total. The molecule has 1 aliphatic rings. The highest BCUT2D eigenvalue weighted by molar-refractivity contribution is 5.10. The van der Waals surface area contributed by atoms with Gasteiger partial charge < -0.3 is 20.3 Å². The molecule has 0 aromatic carbocycles. The molecule has 0 aromatic heterocycles. The van der Waals surface area contributed by atoms with E-state index in [-0.39, 0.29) is 18.2 Å². The Balaban J connectivity index is 2.73. The van der Waals surface area contributed by atoms with Gasteiger partial charge in [-0.1, -0.05) is 12.2 Å². The summed E-state index contributed by atoms with van der Waals surface area (Å²) in [5.74, 6) is 0. The second-order valence-corrected chi connectivity index (χ2v) is 2.85. The van der Waals surface area contributed by atoms with Crippen LogP contribution in [0.1, 0.15) is 0 Å². The van der Waals surface area contributed by atoms with Crippen molar-refractivity contribution in [3.63, 3.8) is 0 Å². The Morgan fingerprint density at radius 2 is 1.75 bits per heavy atom. The van der Waals surface area contributed by atoms with Crippen LogP contribution in [-0.4, -0.2) is 43.7 Å². The molecule has 0 aliphatic heterocycles. The lowest BCUT2D eigenvalue weighted by atomic mass is 9.94. The van der Waals surface area contributed by atoms with E-state index in [1.54, 1.807) is 19.3 Å². The van der Waals surface area contributed by atoms with Crippen molar-refractivity contribution in [2.45, 2.75) is 24.4 Å². The van der Waals surface area contributed by atoms with E-state index in [9.17, 15) is 5.11 Å². The number of methoxy groups -OCH3 is 2. The molecule has 0 saturated heterocycles. The van der Waals surface area contributed by atoms with Crippen LogP contribution in [0.5, 0.6) is 0 Å². The molecule has 12 heavy (non-hydrogen) atoms. The summed E-state index contributed by atoms with van der Waals surface area (Å²) in [6.45, 7) is 0. The average Bonchev–Trinajstić information content (AvgIpc) is 2.08. The Morgan fingerprint density at radius 1 is 1.17 bits per heavy atom. The van der Waals surface area contributed by atoms with Gasteiger partial charge in [-0.15, -0.1) is 0 Å². The summed E-state index contributed by atoms with van der Waals surface area (Å²) < 4.78 is 10.2. The first kappa shape index (κ1) is 9.67. The van der Waals surface area contributed by atoms with Gasteiger partial charge in [-0.3, -0.25) is 0 Å². The van der Waals surface area contributed by atoms with Crippen LogP contribution in [0.3, 0.4) is 0 Å². The van der Waals surface area contributed by atoms with Crippen LogP contribution in [0.2, 0.25) is 0 Å². The molecule has 3 N–H and O–H groups in total. The fraction of sp³-hybridized carbons (Fsp3) is 0.750. The monoisotopic (exact) mass is 173 g/mol. The minimum absolute atomic E-state index is 0.205. The summed E-state index contributed by atoms with van der Waals surface area (Å²) in [5, 5.41) is 9.44. The third-order valence-corrected chi connectivity index (χ3v) is 2.11. The summed E-state index contributed by atoms with van der Waals surface area (Å²) in [6, 6.07) is -0.205. The van der Waals surface area contributed by atoms with E-state index in [0.29, 0.717) is 0 Å². The van der Waals surface area contributed by atoms with Crippen molar-refractivity contribution in [3.05, 3.63) is 12.2 Å². The SMILES string of the molecule is CO[C@H]1[C@H](OC)[C@@H](O)C=C[C@H]1N. The highest BCUT2D eigenvalue weighted by atomic mass is 16.5. The first-order valence-corrected chi connectivity index (χ1v) is 3.88. The summed E-state index contributed by atoms with van der Waals surface area (Å²) in [7, 11) is 3.09. The van der Waals surface area contributed by atoms with Crippen molar-refractivity contribution >= 4 is 0 Å². The molecule has 0 fully saturated rings. The molecule has 4 heteroatoms. The lowest BCUT2D eigenvalue weighted by Crippen LogP contribution is -2.51. The Bertz CT molecular complexity index is 154. The molecule has 0 bridgehead atoms. The number of rotatable bonds is 2. The van der Waals surface area contributed by atoms with Crippen molar-refractivity contribution in [2.24, 2.45) is 5.73 Å². The van der Waals surface area contributed by atoms with Gasteiger partial charge in [-0.25, -0.2) is 0 Å². The second kappa shape index (κ2) is 4.00. The third kappa shape index (κ3) is 1.67. The number of nitrogens with two attached hydrogens (primary N) is 1. The van der Waals surface area contributed by atoms with E-state index >= 15 is 0 Å². The van der Waals surface area contributed by atoms with E-state index in [1.807, 2.05) is 0 Å². The van der Waals surface area contributed by atoms with Crippen LogP contribution in [0.15, 0.2) is 12.2 Å². The fourth-order valence-corrected chi connectivity index (χ4v) is 1.44. The van der Waals surface area contributed by atoms with Crippen molar-refractivity contribution in [3.8, 4) is 0 Å². The molecule has 70 valence electrons. The normalized spacial score (nSPS) is 41.7. The molecule has 0 heterocycles. The number of hydrogen-bond acceptors (Lipinski definition) is 4. The minimum atomic E-state index is -0.625. The highest BCUT2D eigenvalue weighted by Gasteiger charge is 2.33. The van der Waals surface area contributed by atoms with Crippen LogP contribution >= 0.6 is 0 Å². The molecule has 0 amide bonds. The first-order valence-electron chi connectivity index (χ1n) is 3.88. The maximum atomic E-state index is 9.44. The summed E-state index contributed by atoms with van der Waals surface area (Å²) in [5.41, 5.74) is 5.71. The van der Waals surface area contributed by atoms with Crippen LogP contribution in [-0.2, 0) is 9.47 Å². The van der Waals surface area contributed by atoms with Gasteiger partial charge in [-0.05, 0) is 0 Å². The van der Waals surface area contributed by atoms with Crippen molar-refractivity contribution < 1.29 is 14.6 Å². The fourth-order valence-electron chi connectivity index (χ4n) is 1.44. The largest absolute Gasteiger partial charge is 0.386 e. The number of ether oxygens (including phenoxy) is 2. The standard InChI is InChI=1S/C8H15NO3/c1-11-7-5(9)3-4-6(10)8(7)12-2/h3-8,10H,9H2,1-2H3/t5-,6+,7-,8-/m1/s1. The number of aliphatic hydroxyl groups is 1. The lowest BCUT2D eigenvalue weighted by molar-refractivity contribution is -0.0902. The molecule has 0 radical (unpaired) electrons. The predicted molar refractivity (Wildman–Crippen MR) is 44.7 cm³/mol. The van der Waals surface area contributed by atoms with Gasteiger partial charge in [-0.2, -0.15) is 0 Å². The van der Waals surface area contributed by atoms with Gasteiger partial charge in [0.15, 0.2) is 0 Å². The minimum Gasteiger partial charge on any atom is -0.386 e. The molecule has 0 spiro atoms. The van der Waals surface area contributed by atoms with Crippen molar-refractivity contribution in [2.75, 3.05) is 14.2 Å². The Morgan fingerprint density at radius 3 is 2.17 bits per heavy atom. The van der Waals surface area contributed by atoms with E-state index in [2.05, 4.69) is 0 Å². The van der Waals surface area contributed by atoms with E-state index < -0.39 is 6.10 Å². The molecular weight excluding hydrogens is 158 g/mol. The van der Waals surface area contributed by atoms with Gasteiger partial charge in [0, 0.05) is 14.2 Å². The zero-order valence-electron chi connectivity index (χ0n) is 7.31. The second-order valence-electron chi connectivity index (χ2n) is 2.85. The predicted octanol–water partition coefficient (Wildman–Crippen LogP) is -0.726. The molecule has 0 aromatic rings. The van der Waals surface area contributed by atoms with Crippen LogP contribution < -0.4 is 5.73 Å². The van der Waals surface area contributed by atoms with Crippen LogP contribution in [0.25, 0.3) is 0 Å². The van der Waals surface area contributed by atoms with E-state index in [0.717, 1.165) is 0 Å². The molecular formula is C8H15NO3. The highest BCUT2D eigenvalue weighted by Crippen LogP contribution is 2.17. The van der Waals surface area contributed by atoms with Crippen LogP contribution in [0, 0.1) is 0 Å². The number of hydrogen-bond donors (Lipinski definition) is 2. The summed E-state index contributed by atoms with van der Waals surface area (Å²) in [6.07, 6.45) is 2.10. The Hall–Kier alpha value is -0.420. The van der Waals surface area contributed by atoms with Crippen molar-refractivity contribution in [1.29, 1.82) is 0 Å². The molecule has 1 rings (SSSR count). The third-order valence-electron chi connectivity index (χ3n) is 2.11. The maximum Gasteiger partial charge on any atom is 0.114 e. The van der Waals surface area contributed by atoms with Gasteiger partial charge in [0.2, 0.25) is 0 Å². The zero-order valence-corrected chi connectivity index (χ0v) is 7.31. The van der Waals surface area contributed by atoms with Crippen molar-refractivity contribution in [1.82, 2.24) is 0 Å². The lowest BCUT2D eigenvalue weighted by Gasteiger charge is -2.33. The molecule has 0 saturated carbocycles. The van der Waals surface area contributed by atoms with Crippen LogP contribution in [0.4, 0.5) is 0 Å². The molecule has 0 unspecified atom stereocenters. The maximum absolute atomic E-state index is 9.44. The van der Waals surface area contributed by atoms with E-state index in [4.69, 9.17) is 15.2 Å². The number of aliphatic hydroxyl groups excluding tert-OH is 1. The van der Waals surface area contributed by atoms with Gasteiger partial charge in [0.25, 0.3) is 0 Å². The Kier molecular flexibility index (Phi) is 3.22. The first-order chi connectivity index (χ1) is 5.70. The Labute approximate surface area is 72.0 Å². The zero-order chi connectivity index (χ0) is 9.14. The topological polar surface area (TPSA) is 64.7 Å². The molecule has 4 atom stereocenters. The average molecular weight is 173 g/mol. The quantitative estimate of drug-likeness (QED) is 0.541.